The van der Waals surface area contributed by atoms with Crippen LogP contribution in [0.2, 0.25) is 0 Å². The second-order valence-electron chi connectivity index (χ2n) is 2.39. The van der Waals surface area contributed by atoms with E-state index in [1.165, 1.54) is 12.1 Å². The maximum atomic E-state index is 12.9. The summed E-state index contributed by atoms with van der Waals surface area (Å²) in [4.78, 5) is 0.854. The Bertz CT molecular complexity index is 436. The molecule has 0 amide bonds. The number of benzene rings is 1. The molecule has 0 aliphatic rings. The minimum Gasteiger partial charge on any atom is -0.207 e. The Morgan fingerprint density at radius 3 is 2.92 bits per heavy atom. The van der Waals surface area contributed by atoms with Crippen LogP contribution in [0.5, 0.6) is 0 Å². The van der Waals surface area contributed by atoms with E-state index in [4.69, 9.17) is 0 Å². The quantitative estimate of drug-likeness (QED) is 0.553. The van der Waals surface area contributed by atoms with Gasteiger partial charge < -0.3 is 0 Å². The lowest BCUT2D eigenvalue weighted by molar-refractivity contribution is 0.629. The fourth-order valence-electron chi connectivity index (χ4n) is 1.05. The van der Waals surface area contributed by atoms with E-state index in [1.807, 2.05) is 5.38 Å². The average molecular weight is 310 g/mol. The Hall–Kier alpha value is 0.190. The molecule has 1 heterocycles. The van der Waals surface area contributed by atoms with E-state index in [-0.39, 0.29) is 5.82 Å². The van der Waals surface area contributed by atoms with Crippen molar-refractivity contribution in [1.82, 2.24) is 0 Å². The van der Waals surface area contributed by atoms with Crippen LogP contribution in [0, 0.1) is 9.39 Å². The normalized spacial score (nSPS) is 10.9. The number of fused-ring (bicyclic) bond motifs is 1. The van der Waals surface area contributed by atoms with Crippen LogP contribution in [-0.4, -0.2) is 0 Å². The molecule has 12 heavy (non-hydrogen) atoms. The molecule has 0 unspecified atom stereocenters. The fourth-order valence-corrected chi connectivity index (χ4v) is 3.25. The maximum absolute atomic E-state index is 12.9. The lowest BCUT2D eigenvalue weighted by atomic mass is 10.2. The molecule has 4 heteroatoms. The van der Waals surface area contributed by atoms with Gasteiger partial charge in [-0.25, -0.2) is 4.39 Å². The molecule has 2 aromatic rings. The summed E-state index contributed by atoms with van der Waals surface area (Å²) in [6.45, 7) is 0. The van der Waals surface area contributed by atoms with Gasteiger partial charge in [-0.1, -0.05) is 0 Å². The molecule has 2 rings (SSSR count). The van der Waals surface area contributed by atoms with Crippen LogP contribution >= 0.6 is 46.6 Å². The lowest BCUT2D eigenvalue weighted by Gasteiger charge is -1.94. The van der Waals surface area contributed by atoms with Crippen LogP contribution in [-0.2, 0) is 0 Å². The third-order valence-electron chi connectivity index (χ3n) is 1.57. The first-order valence-corrected chi connectivity index (χ1v) is 5.64. The summed E-state index contributed by atoms with van der Waals surface area (Å²) >= 11 is 7.97. The molecular formula is C8H4FIS2. The summed E-state index contributed by atoms with van der Waals surface area (Å²) in [5.74, 6) is -0.194. The number of thiophene rings is 1. The van der Waals surface area contributed by atoms with Crippen molar-refractivity contribution < 1.29 is 4.39 Å². The minimum absolute atomic E-state index is 0.194. The van der Waals surface area contributed by atoms with Crippen LogP contribution in [0.1, 0.15) is 0 Å². The summed E-state index contributed by atoms with van der Waals surface area (Å²) in [5, 5.41) is 2.84. The van der Waals surface area contributed by atoms with Gasteiger partial charge >= 0.3 is 0 Å². The third kappa shape index (κ3) is 1.36. The molecular weight excluding hydrogens is 306 g/mol. The summed E-state index contributed by atoms with van der Waals surface area (Å²) in [7, 11) is 0. The van der Waals surface area contributed by atoms with Crippen LogP contribution in [0.4, 0.5) is 4.39 Å². The molecule has 1 aromatic carbocycles. The number of rotatable bonds is 0. The van der Waals surface area contributed by atoms with Gasteiger partial charge in [-0.05, 0) is 34.7 Å². The molecule has 62 valence electrons. The summed E-state index contributed by atoms with van der Waals surface area (Å²) in [6.07, 6.45) is 0. The maximum Gasteiger partial charge on any atom is 0.125 e. The van der Waals surface area contributed by atoms with Crippen LogP contribution in [0.15, 0.2) is 22.4 Å². The van der Waals surface area contributed by atoms with Crippen LogP contribution in [0.3, 0.4) is 0 Å². The predicted molar refractivity (Wildman–Crippen MR) is 61.8 cm³/mol. The highest BCUT2D eigenvalue weighted by molar-refractivity contribution is 14.1. The van der Waals surface area contributed by atoms with Gasteiger partial charge in [0.2, 0.25) is 0 Å². The zero-order chi connectivity index (χ0) is 8.72. The topological polar surface area (TPSA) is 0 Å². The van der Waals surface area contributed by atoms with Crippen LogP contribution < -0.4 is 0 Å². The van der Waals surface area contributed by atoms with Crippen molar-refractivity contribution >= 4 is 56.6 Å². The second kappa shape index (κ2) is 3.16. The SMILES string of the molecule is Fc1cc(I)c2scc(S)c2c1. The van der Waals surface area contributed by atoms with Gasteiger partial charge in [0, 0.05) is 23.9 Å². The molecule has 0 N–H and O–H groups in total. The van der Waals surface area contributed by atoms with Crippen molar-refractivity contribution in [1.29, 1.82) is 0 Å². The molecule has 0 saturated carbocycles. The monoisotopic (exact) mass is 310 g/mol. The van der Waals surface area contributed by atoms with E-state index in [1.54, 1.807) is 11.3 Å². The highest BCUT2D eigenvalue weighted by Gasteiger charge is 2.05. The molecule has 0 nitrogen and oxygen atoms in total. The van der Waals surface area contributed by atoms with Crippen molar-refractivity contribution in [3.05, 3.63) is 26.9 Å². The number of hydrogen-bond acceptors (Lipinski definition) is 2. The van der Waals surface area contributed by atoms with E-state index in [0.29, 0.717) is 0 Å². The van der Waals surface area contributed by atoms with Gasteiger partial charge in [0.15, 0.2) is 0 Å². The molecule has 0 saturated heterocycles. The third-order valence-corrected chi connectivity index (χ3v) is 4.36. The highest BCUT2D eigenvalue weighted by atomic mass is 127. The number of hydrogen-bond donors (Lipinski definition) is 1. The van der Waals surface area contributed by atoms with Crippen molar-refractivity contribution in [2.75, 3.05) is 0 Å². The van der Waals surface area contributed by atoms with Crippen molar-refractivity contribution in [3.8, 4) is 0 Å². The van der Waals surface area contributed by atoms with E-state index < -0.39 is 0 Å². The molecule has 0 aliphatic carbocycles. The fraction of sp³-hybridized carbons (Fsp3) is 0. The molecule has 0 radical (unpaired) electrons. The Morgan fingerprint density at radius 2 is 2.17 bits per heavy atom. The second-order valence-corrected chi connectivity index (χ2v) is 4.91. The zero-order valence-corrected chi connectivity index (χ0v) is 9.71. The smallest absolute Gasteiger partial charge is 0.125 e. The Morgan fingerprint density at radius 1 is 1.42 bits per heavy atom. The summed E-state index contributed by atoms with van der Waals surface area (Å²) < 4.78 is 15.0. The minimum atomic E-state index is -0.194. The molecule has 0 aliphatic heterocycles. The molecule has 0 spiro atoms. The van der Waals surface area contributed by atoms with Gasteiger partial charge in [-0.15, -0.1) is 24.0 Å². The van der Waals surface area contributed by atoms with Gasteiger partial charge in [0.25, 0.3) is 0 Å². The Balaban J connectivity index is 2.92. The molecule has 0 fully saturated rings. The Labute approximate surface area is 92.3 Å². The van der Waals surface area contributed by atoms with E-state index in [2.05, 4.69) is 35.2 Å². The number of thiol groups is 1. The highest BCUT2D eigenvalue weighted by Crippen LogP contribution is 2.32. The lowest BCUT2D eigenvalue weighted by Crippen LogP contribution is -1.76. The predicted octanol–water partition coefficient (Wildman–Crippen LogP) is 3.93. The van der Waals surface area contributed by atoms with Gasteiger partial charge in [0.05, 0.1) is 0 Å². The van der Waals surface area contributed by atoms with E-state index >= 15 is 0 Å². The van der Waals surface area contributed by atoms with Gasteiger partial charge in [-0.3, -0.25) is 0 Å². The van der Waals surface area contributed by atoms with E-state index in [9.17, 15) is 4.39 Å². The van der Waals surface area contributed by atoms with Crippen LogP contribution in [0.25, 0.3) is 10.1 Å². The Kier molecular flexibility index (Phi) is 2.31. The first kappa shape index (κ1) is 8.77. The first-order chi connectivity index (χ1) is 5.68. The summed E-state index contributed by atoms with van der Waals surface area (Å²) in [6, 6.07) is 3.06. The van der Waals surface area contributed by atoms with E-state index in [0.717, 1.165) is 18.6 Å². The number of halogens is 2. The molecule has 0 atom stereocenters. The van der Waals surface area contributed by atoms with Gasteiger partial charge in [0.1, 0.15) is 5.82 Å². The van der Waals surface area contributed by atoms with Gasteiger partial charge in [-0.2, -0.15) is 0 Å². The summed E-state index contributed by atoms with van der Waals surface area (Å²) in [5.41, 5.74) is 0. The average Bonchev–Trinajstić information content (AvgIpc) is 2.33. The largest absolute Gasteiger partial charge is 0.207 e. The van der Waals surface area contributed by atoms with Crippen molar-refractivity contribution in [2.45, 2.75) is 4.90 Å². The van der Waals surface area contributed by atoms with Crippen molar-refractivity contribution in [2.24, 2.45) is 0 Å². The van der Waals surface area contributed by atoms with Crippen molar-refractivity contribution in [3.63, 3.8) is 0 Å². The zero-order valence-electron chi connectivity index (χ0n) is 5.84. The molecule has 0 bridgehead atoms. The molecule has 1 aromatic heterocycles. The first-order valence-electron chi connectivity index (χ1n) is 3.23. The standard InChI is InChI=1S/C8H4FIS2/c9-4-1-5-7(11)3-12-8(5)6(10)2-4/h1-3,11H.